The second kappa shape index (κ2) is 12.1. The fourth-order valence-electron chi connectivity index (χ4n) is 6.33. The lowest BCUT2D eigenvalue weighted by atomic mass is 10.1. The van der Waals surface area contributed by atoms with E-state index < -0.39 is 0 Å². The average Bonchev–Trinajstić information content (AvgIpc) is 3.46. The number of fused-ring (bicyclic) bond motifs is 3. The second-order valence-electron chi connectivity index (χ2n) is 11.5. The Morgan fingerprint density at radius 1 is 0.370 bits per heavy atom. The van der Waals surface area contributed by atoms with Crippen molar-refractivity contribution in [3.8, 4) is 16.8 Å². The van der Waals surface area contributed by atoms with Gasteiger partial charge in [-0.25, -0.2) is 0 Å². The number of hydrogen-bond donors (Lipinski definition) is 0. The molecule has 0 atom stereocenters. The Kier molecular flexibility index (Phi) is 7.22. The molecule has 218 valence electrons. The highest BCUT2D eigenvalue weighted by Crippen LogP contribution is 2.39. The first-order valence-corrected chi connectivity index (χ1v) is 15.7. The number of nitrogens with zero attached hydrogens (tertiary/aromatic N) is 2. The highest BCUT2D eigenvalue weighted by Gasteiger charge is 2.17. The molecule has 46 heavy (non-hydrogen) atoms. The van der Waals surface area contributed by atoms with E-state index in [1.807, 2.05) is 6.07 Å². The lowest BCUT2D eigenvalue weighted by Crippen LogP contribution is -2.09. The van der Waals surface area contributed by atoms with Gasteiger partial charge in [-0.15, -0.1) is 0 Å². The minimum absolute atomic E-state index is 1.11. The van der Waals surface area contributed by atoms with E-state index in [-0.39, 0.29) is 0 Å². The van der Waals surface area contributed by atoms with Gasteiger partial charge in [0, 0.05) is 33.5 Å². The predicted octanol–water partition coefficient (Wildman–Crippen LogP) is 12.1. The Bertz CT molecular complexity index is 2260. The lowest BCUT2D eigenvalue weighted by molar-refractivity contribution is 1.18. The summed E-state index contributed by atoms with van der Waals surface area (Å²) in [5.74, 6) is 0. The third kappa shape index (κ3) is 5.27. The molecule has 0 saturated carbocycles. The van der Waals surface area contributed by atoms with Crippen molar-refractivity contribution in [2.75, 3.05) is 4.90 Å². The summed E-state index contributed by atoms with van der Waals surface area (Å²) in [7, 11) is 0. The van der Waals surface area contributed by atoms with Gasteiger partial charge in [-0.3, -0.25) is 0 Å². The van der Waals surface area contributed by atoms with Crippen LogP contribution < -0.4 is 4.90 Å². The van der Waals surface area contributed by atoms with Gasteiger partial charge < -0.3 is 9.47 Å². The van der Waals surface area contributed by atoms with Crippen molar-refractivity contribution < 1.29 is 0 Å². The Balaban J connectivity index is 1.21. The number of benzene rings is 7. The molecule has 0 saturated heterocycles. The number of rotatable bonds is 7. The molecule has 7 aromatic carbocycles. The molecule has 0 amide bonds. The van der Waals surface area contributed by atoms with Crippen molar-refractivity contribution in [2.24, 2.45) is 0 Å². The fraction of sp³-hybridized carbons (Fsp3) is 0. The summed E-state index contributed by atoms with van der Waals surface area (Å²) in [6.07, 6.45) is 4.32. The maximum absolute atomic E-state index is 2.38. The Hall–Kier alpha value is -6.12. The van der Waals surface area contributed by atoms with E-state index in [2.05, 4.69) is 198 Å². The van der Waals surface area contributed by atoms with Gasteiger partial charge in [-0.05, 0) is 82.9 Å². The standard InChI is InChI=1S/C44H32N2/c1-4-12-33(13-5-1)20-21-34-22-26-38(27-23-34)45(37-16-8-3-9-17-37)40-30-31-44-42(32-40)41-18-10-11-19-43(41)46(44)39-28-24-36(25-29-39)35-14-6-2-7-15-35/h1-32H. The van der Waals surface area contributed by atoms with Crippen molar-refractivity contribution >= 4 is 51.0 Å². The molecular weight excluding hydrogens is 556 g/mol. The fourth-order valence-corrected chi connectivity index (χ4v) is 6.33. The SMILES string of the molecule is C(=Cc1ccc(N(c2ccccc2)c2ccc3c(c2)c2ccccc2n3-c2ccc(-c3ccccc3)cc2)cc1)c1ccccc1. The molecule has 8 aromatic rings. The van der Waals surface area contributed by atoms with E-state index in [9.17, 15) is 0 Å². The van der Waals surface area contributed by atoms with Crippen LogP contribution in [0.3, 0.4) is 0 Å². The van der Waals surface area contributed by atoms with Crippen molar-refractivity contribution in [3.05, 3.63) is 193 Å². The van der Waals surface area contributed by atoms with E-state index in [0.717, 1.165) is 28.3 Å². The van der Waals surface area contributed by atoms with Gasteiger partial charge in [-0.1, -0.05) is 133 Å². The van der Waals surface area contributed by atoms with E-state index in [1.165, 1.54) is 38.5 Å². The summed E-state index contributed by atoms with van der Waals surface area (Å²) in [5, 5.41) is 2.46. The highest BCUT2D eigenvalue weighted by atomic mass is 15.1. The summed E-state index contributed by atoms with van der Waals surface area (Å²) in [4.78, 5) is 2.34. The molecular formula is C44H32N2. The maximum atomic E-state index is 2.38. The number of hydrogen-bond acceptors (Lipinski definition) is 1. The Morgan fingerprint density at radius 3 is 1.61 bits per heavy atom. The summed E-state index contributed by atoms with van der Waals surface area (Å²) >= 11 is 0. The smallest absolute Gasteiger partial charge is 0.0542 e. The molecule has 0 bridgehead atoms. The molecule has 1 heterocycles. The first kappa shape index (κ1) is 27.4. The zero-order chi connectivity index (χ0) is 30.7. The Morgan fingerprint density at radius 2 is 0.891 bits per heavy atom. The van der Waals surface area contributed by atoms with Gasteiger partial charge in [0.15, 0.2) is 0 Å². The first-order chi connectivity index (χ1) is 22.8. The normalized spacial score (nSPS) is 11.4. The minimum atomic E-state index is 1.11. The van der Waals surface area contributed by atoms with Crippen molar-refractivity contribution in [3.63, 3.8) is 0 Å². The van der Waals surface area contributed by atoms with Crippen LogP contribution in [0.4, 0.5) is 17.1 Å². The average molecular weight is 589 g/mol. The topological polar surface area (TPSA) is 8.17 Å². The number of anilines is 3. The lowest BCUT2D eigenvalue weighted by Gasteiger charge is -2.25. The van der Waals surface area contributed by atoms with Crippen LogP contribution in [0.1, 0.15) is 11.1 Å². The van der Waals surface area contributed by atoms with Gasteiger partial charge in [0.2, 0.25) is 0 Å². The second-order valence-corrected chi connectivity index (χ2v) is 11.5. The minimum Gasteiger partial charge on any atom is -0.310 e. The van der Waals surface area contributed by atoms with Crippen molar-refractivity contribution in [2.45, 2.75) is 0 Å². The quantitative estimate of drug-likeness (QED) is 0.168. The summed E-state index contributed by atoms with van der Waals surface area (Å²) < 4.78 is 2.38. The van der Waals surface area contributed by atoms with Crippen LogP contribution in [0.2, 0.25) is 0 Å². The summed E-state index contributed by atoms with van der Waals surface area (Å²) in [6, 6.07) is 64.8. The molecule has 0 radical (unpaired) electrons. The molecule has 0 N–H and O–H groups in total. The van der Waals surface area contributed by atoms with Crippen LogP contribution in [0, 0.1) is 0 Å². The molecule has 8 rings (SSSR count). The molecule has 0 fully saturated rings. The molecule has 1 aromatic heterocycles. The molecule has 0 spiro atoms. The van der Waals surface area contributed by atoms with Crippen LogP contribution in [0.15, 0.2) is 182 Å². The first-order valence-electron chi connectivity index (χ1n) is 15.7. The highest BCUT2D eigenvalue weighted by molar-refractivity contribution is 6.10. The third-order valence-corrected chi connectivity index (χ3v) is 8.58. The van der Waals surface area contributed by atoms with Gasteiger partial charge in [-0.2, -0.15) is 0 Å². The number of aromatic nitrogens is 1. The zero-order valence-corrected chi connectivity index (χ0v) is 25.4. The van der Waals surface area contributed by atoms with E-state index in [4.69, 9.17) is 0 Å². The van der Waals surface area contributed by atoms with Crippen molar-refractivity contribution in [1.82, 2.24) is 4.57 Å². The maximum Gasteiger partial charge on any atom is 0.0542 e. The van der Waals surface area contributed by atoms with Crippen LogP contribution >= 0.6 is 0 Å². The molecule has 0 aliphatic heterocycles. The molecule has 0 unspecified atom stereocenters. The van der Waals surface area contributed by atoms with Crippen LogP contribution in [0.5, 0.6) is 0 Å². The summed E-state index contributed by atoms with van der Waals surface area (Å²) in [6.45, 7) is 0. The largest absolute Gasteiger partial charge is 0.310 e. The van der Waals surface area contributed by atoms with Gasteiger partial charge in [0.25, 0.3) is 0 Å². The molecule has 2 heteroatoms. The van der Waals surface area contributed by atoms with E-state index in [0.29, 0.717) is 0 Å². The number of para-hydroxylation sites is 2. The zero-order valence-electron chi connectivity index (χ0n) is 25.4. The summed E-state index contributed by atoms with van der Waals surface area (Å²) in [5.41, 5.74) is 11.7. The van der Waals surface area contributed by atoms with Gasteiger partial charge in [0.1, 0.15) is 0 Å². The van der Waals surface area contributed by atoms with E-state index >= 15 is 0 Å². The van der Waals surface area contributed by atoms with Crippen LogP contribution in [-0.4, -0.2) is 4.57 Å². The van der Waals surface area contributed by atoms with Crippen LogP contribution in [-0.2, 0) is 0 Å². The van der Waals surface area contributed by atoms with Gasteiger partial charge in [0.05, 0.1) is 11.0 Å². The van der Waals surface area contributed by atoms with Gasteiger partial charge >= 0.3 is 0 Å². The monoisotopic (exact) mass is 588 g/mol. The molecule has 0 aliphatic rings. The molecule has 0 aliphatic carbocycles. The van der Waals surface area contributed by atoms with Crippen LogP contribution in [0.25, 0.3) is 50.8 Å². The predicted molar refractivity (Wildman–Crippen MR) is 196 cm³/mol. The third-order valence-electron chi connectivity index (χ3n) is 8.58. The van der Waals surface area contributed by atoms with E-state index in [1.54, 1.807) is 0 Å². The van der Waals surface area contributed by atoms with Crippen molar-refractivity contribution in [1.29, 1.82) is 0 Å². The molecule has 2 nitrogen and oxygen atoms in total. The Labute approximate surface area is 269 Å².